The molecule has 0 saturated heterocycles. The lowest BCUT2D eigenvalue weighted by molar-refractivity contribution is -0.384. The van der Waals surface area contributed by atoms with Gasteiger partial charge in [-0.2, -0.15) is 0 Å². The summed E-state index contributed by atoms with van der Waals surface area (Å²) in [5, 5.41) is 10.9. The lowest BCUT2D eigenvalue weighted by Crippen LogP contribution is -2.30. The number of amides is 1. The Labute approximate surface area is 162 Å². The van der Waals surface area contributed by atoms with E-state index in [1.807, 2.05) is 26.0 Å². The summed E-state index contributed by atoms with van der Waals surface area (Å²) in [6.07, 6.45) is 0. The first-order valence-corrected chi connectivity index (χ1v) is 8.81. The summed E-state index contributed by atoms with van der Waals surface area (Å²) in [5.41, 5.74) is 0.932. The molecule has 2 aromatic carbocycles. The number of carbonyl (C=O) groups is 1. The van der Waals surface area contributed by atoms with Gasteiger partial charge in [-0.15, -0.1) is 0 Å². The van der Waals surface area contributed by atoms with Gasteiger partial charge in [-0.1, -0.05) is 17.7 Å². The van der Waals surface area contributed by atoms with Crippen LogP contribution in [-0.2, 0) is 6.54 Å². The van der Waals surface area contributed by atoms with Crippen molar-refractivity contribution in [1.29, 1.82) is 0 Å². The minimum atomic E-state index is -0.552. The van der Waals surface area contributed by atoms with Crippen LogP contribution in [0.15, 0.2) is 36.4 Å². The first kappa shape index (κ1) is 20.5. The molecule has 0 aliphatic carbocycles. The van der Waals surface area contributed by atoms with Crippen LogP contribution < -0.4 is 9.47 Å². The summed E-state index contributed by atoms with van der Waals surface area (Å²) in [7, 11) is 1.56. The molecule has 144 valence electrons. The van der Waals surface area contributed by atoms with E-state index < -0.39 is 4.92 Å². The molecule has 0 aromatic heterocycles. The minimum Gasteiger partial charge on any atom is -0.493 e. The van der Waals surface area contributed by atoms with Crippen LogP contribution in [0.2, 0.25) is 5.02 Å². The Morgan fingerprint density at radius 2 is 1.93 bits per heavy atom. The van der Waals surface area contributed by atoms with Crippen LogP contribution in [0.3, 0.4) is 0 Å². The minimum absolute atomic E-state index is 0.0527. The van der Waals surface area contributed by atoms with E-state index >= 15 is 0 Å². The fraction of sp³-hybridized carbons (Fsp3) is 0.316. The van der Waals surface area contributed by atoms with E-state index in [0.717, 1.165) is 5.56 Å². The predicted molar refractivity (Wildman–Crippen MR) is 103 cm³/mol. The molecule has 0 saturated carbocycles. The van der Waals surface area contributed by atoms with Crippen LogP contribution in [-0.4, -0.2) is 36.0 Å². The molecule has 0 bridgehead atoms. The summed E-state index contributed by atoms with van der Waals surface area (Å²) < 4.78 is 10.8. The van der Waals surface area contributed by atoms with Gasteiger partial charge >= 0.3 is 0 Å². The SMILES string of the molecule is CCOc1ccc(CN(CC)C(=O)c2ccc([N+](=O)[O-])cc2Cl)cc1OC. The fourth-order valence-corrected chi connectivity index (χ4v) is 2.85. The highest BCUT2D eigenvalue weighted by molar-refractivity contribution is 6.34. The summed E-state index contributed by atoms with van der Waals surface area (Å²) in [5.74, 6) is 0.924. The van der Waals surface area contributed by atoms with Gasteiger partial charge in [0.2, 0.25) is 0 Å². The maximum atomic E-state index is 12.8. The van der Waals surface area contributed by atoms with Crippen molar-refractivity contribution in [2.45, 2.75) is 20.4 Å². The third-order valence-corrected chi connectivity index (χ3v) is 4.28. The van der Waals surface area contributed by atoms with Crippen molar-refractivity contribution in [2.24, 2.45) is 0 Å². The second kappa shape index (κ2) is 9.23. The number of nitro groups is 1. The van der Waals surface area contributed by atoms with Crippen LogP contribution in [0, 0.1) is 10.1 Å². The molecule has 7 nitrogen and oxygen atoms in total. The first-order valence-electron chi connectivity index (χ1n) is 8.44. The number of halogens is 1. The van der Waals surface area contributed by atoms with Gasteiger partial charge in [-0.05, 0) is 37.6 Å². The highest BCUT2D eigenvalue weighted by atomic mass is 35.5. The zero-order valence-corrected chi connectivity index (χ0v) is 16.2. The standard InChI is InChI=1S/C19H21ClN2O5/c1-4-21(12-13-6-9-17(27-5-2)18(10-13)26-3)19(23)15-8-7-14(22(24)25)11-16(15)20/h6-11H,4-5,12H2,1-3H3. The third kappa shape index (κ3) is 4.89. The van der Waals surface area contributed by atoms with Gasteiger partial charge in [-0.25, -0.2) is 0 Å². The van der Waals surface area contributed by atoms with Crippen molar-refractivity contribution in [3.63, 3.8) is 0 Å². The Morgan fingerprint density at radius 1 is 1.19 bits per heavy atom. The Kier molecular flexibility index (Phi) is 7.01. The average molecular weight is 393 g/mol. The summed E-state index contributed by atoms with van der Waals surface area (Å²) in [6.45, 7) is 5.04. The molecule has 0 radical (unpaired) electrons. The Morgan fingerprint density at radius 3 is 2.48 bits per heavy atom. The second-order valence-corrected chi connectivity index (χ2v) is 6.07. The maximum absolute atomic E-state index is 12.8. The molecule has 0 heterocycles. The largest absolute Gasteiger partial charge is 0.493 e. The molecule has 2 rings (SSSR count). The monoisotopic (exact) mass is 392 g/mol. The van der Waals surface area contributed by atoms with Crippen LogP contribution in [0.4, 0.5) is 5.69 Å². The Balaban J connectivity index is 2.24. The molecule has 27 heavy (non-hydrogen) atoms. The van der Waals surface area contributed by atoms with Gasteiger partial charge in [-0.3, -0.25) is 14.9 Å². The van der Waals surface area contributed by atoms with Crippen molar-refractivity contribution in [1.82, 2.24) is 4.90 Å². The van der Waals surface area contributed by atoms with Gasteiger partial charge in [0, 0.05) is 25.2 Å². The van der Waals surface area contributed by atoms with Crippen LogP contribution in [0.5, 0.6) is 11.5 Å². The number of non-ortho nitro benzene ring substituents is 1. The zero-order valence-electron chi connectivity index (χ0n) is 15.4. The van der Waals surface area contributed by atoms with Gasteiger partial charge in [0.25, 0.3) is 11.6 Å². The molecule has 0 aliphatic rings. The number of methoxy groups -OCH3 is 1. The predicted octanol–water partition coefficient (Wildman–Crippen LogP) is 4.32. The van der Waals surface area contributed by atoms with Crippen LogP contribution in [0.25, 0.3) is 0 Å². The lowest BCUT2D eigenvalue weighted by atomic mass is 10.1. The molecule has 0 N–H and O–H groups in total. The molecule has 1 amide bonds. The lowest BCUT2D eigenvalue weighted by Gasteiger charge is -2.22. The quantitative estimate of drug-likeness (QED) is 0.493. The first-order chi connectivity index (χ1) is 12.9. The van der Waals surface area contributed by atoms with E-state index in [2.05, 4.69) is 0 Å². The number of carbonyl (C=O) groups excluding carboxylic acids is 1. The Hall–Kier alpha value is -2.80. The number of hydrogen-bond donors (Lipinski definition) is 0. The second-order valence-electron chi connectivity index (χ2n) is 5.66. The van der Waals surface area contributed by atoms with Crippen molar-refractivity contribution >= 4 is 23.2 Å². The maximum Gasteiger partial charge on any atom is 0.270 e. The molecule has 0 unspecified atom stereocenters. The number of hydrogen-bond acceptors (Lipinski definition) is 5. The highest BCUT2D eigenvalue weighted by Crippen LogP contribution is 2.29. The summed E-state index contributed by atoms with van der Waals surface area (Å²) in [4.78, 5) is 24.7. The number of rotatable bonds is 8. The van der Waals surface area contributed by atoms with Gasteiger partial charge < -0.3 is 14.4 Å². The smallest absolute Gasteiger partial charge is 0.270 e. The molecule has 8 heteroatoms. The Bertz CT molecular complexity index is 841. The molecule has 0 spiro atoms. The van der Waals surface area contributed by atoms with Crippen molar-refractivity contribution in [3.8, 4) is 11.5 Å². The highest BCUT2D eigenvalue weighted by Gasteiger charge is 2.20. The average Bonchev–Trinajstić information content (AvgIpc) is 2.66. The number of nitrogens with zero attached hydrogens (tertiary/aromatic N) is 2. The van der Waals surface area contributed by atoms with E-state index in [-0.39, 0.29) is 22.2 Å². The number of benzene rings is 2. The summed E-state index contributed by atoms with van der Waals surface area (Å²) >= 11 is 6.09. The van der Waals surface area contributed by atoms with E-state index in [4.69, 9.17) is 21.1 Å². The van der Waals surface area contributed by atoms with E-state index in [1.165, 1.54) is 18.2 Å². The number of ether oxygens (including phenoxy) is 2. The van der Waals surface area contributed by atoms with Gasteiger partial charge in [0.1, 0.15) is 0 Å². The van der Waals surface area contributed by atoms with Gasteiger partial charge in [0.05, 0.1) is 29.2 Å². The molecule has 0 atom stereocenters. The molecular weight excluding hydrogens is 372 g/mol. The van der Waals surface area contributed by atoms with E-state index in [1.54, 1.807) is 18.1 Å². The molecule has 0 fully saturated rings. The zero-order chi connectivity index (χ0) is 20.0. The van der Waals surface area contributed by atoms with Crippen molar-refractivity contribution in [3.05, 3.63) is 62.7 Å². The molecule has 0 aliphatic heterocycles. The fourth-order valence-electron chi connectivity index (χ4n) is 2.59. The molecule has 2 aromatic rings. The van der Waals surface area contributed by atoms with Crippen LogP contribution in [0.1, 0.15) is 29.8 Å². The van der Waals surface area contributed by atoms with Crippen molar-refractivity contribution < 1.29 is 19.2 Å². The topological polar surface area (TPSA) is 81.9 Å². The van der Waals surface area contributed by atoms with Crippen molar-refractivity contribution in [2.75, 3.05) is 20.3 Å². The number of nitro benzene ring substituents is 1. The van der Waals surface area contributed by atoms with Crippen LogP contribution >= 0.6 is 11.6 Å². The van der Waals surface area contributed by atoms with E-state index in [9.17, 15) is 14.9 Å². The van der Waals surface area contributed by atoms with Gasteiger partial charge in [0.15, 0.2) is 11.5 Å². The normalized spacial score (nSPS) is 10.4. The molecular formula is C19H21ClN2O5. The third-order valence-electron chi connectivity index (χ3n) is 3.96. The summed E-state index contributed by atoms with van der Waals surface area (Å²) in [6, 6.07) is 9.31. The van der Waals surface area contributed by atoms with E-state index in [0.29, 0.717) is 31.2 Å².